The summed E-state index contributed by atoms with van der Waals surface area (Å²) in [6.45, 7) is 5.80. The summed E-state index contributed by atoms with van der Waals surface area (Å²) in [5.41, 5.74) is 0. The van der Waals surface area contributed by atoms with Crippen LogP contribution in [0.5, 0.6) is 0 Å². The Morgan fingerprint density at radius 2 is 0.831 bits per heavy atom. The van der Waals surface area contributed by atoms with Gasteiger partial charge in [-0.2, -0.15) is 0 Å². The summed E-state index contributed by atoms with van der Waals surface area (Å²) in [4.78, 5) is 26.7. The van der Waals surface area contributed by atoms with Crippen LogP contribution in [0.15, 0.2) is 60.8 Å². The Morgan fingerprint density at radius 1 is 0.470 bits per heavy atom. The van der Waals surface area contributed by atoms with Gasteiger partial charge >= 0.3 is 5.97 Å². The van der Waals surface area contributed by atoms with E-state index in [9.17, 15) is 35.1 Å². The number of nitrogens with one attached hydrogen (secondary N) is 1. The fourth-order valence-electron chi connectivity index (χ4n) is 10.9. The summed E-state index contributed by atoms with van der Waals surface area (Å²) >= 11 is 0. The average Bonchev–Trinajstić information content (AvgIpc) is 3.50. The fourth-order valence-corrected chi connectivity index (χ4v) is 10.9. The van der Waals surface area contributed by atoms with E-state index in [1.807, 2.05) is 6.08 Å². The molecule has 1 amide bonds. The molecule has 0 spiro atoms. The maximum absolute atomic E-state index is 13.5. The zero-order chi connectivity index (χ0) is 60.3. The van der Waals surface area contributed by atoms with Gasteiger partial charge in [-0.25, -0.2) is 0 Å². The van der Waals surface area contributed by atoms with Crippen LogP contribution in [0.2, 0.25) is 0 Å². The Bertz CT molecular complexity index is 1580. The van der Waals surface area contributed by atoms with Crippen molar-refractivity contribution in [3.8, 4) is 0 Å². The highest BCUT2D eigenvalue weighted by molar-refractivity contribution is 5.80. The number of hydrogen-bond donors (Lipinski definition) is 6. The molecule has 1 heterocycles. The summed E-state index contributed by atoms with van der Waals surface area (Å²) in [6.07, 6.45) is 65.3. The van der Waals surface area contributed by atoms with Gasteiger partial charge in [0.1, 0.15) is 24.4 Å². The van der Waals surface area contributed by atoms with Crippen molar-refractivity contribution in [1.82, 2.24) is 5.32 Å². The van der Waals surface area contributed by atoms with Crippen molar-refractivity contribution in [2.45, 2.75) is 372 Å². The molecule has 0 aromatic heterocycles. The van der Waals surface area contributed by atoms with Crippen LogP contribution in [0.4, 0.5) is 0 Å². The molecule has 0 saturated carbocycles. The molecule has 11 heteroatoms. The van der Waals surface area contributed by atoms with Crippen LogP contribution in [0, 0.1) is 0 Å². The second-order valence-corrected chi connectivity index (χ2v) is 24.3. The molecule has 8 unspecified atom stereocenters. The first-order valence-corrected chi connectivity index (χ1v) is 35.1. The van der Waals surface area contributed by atoms with E-state index in [1.165, 1.54) is 173 Å². The van der Waals surface area contributed by atoms with Crippen molar-refractivity contribution in [3.05, 3.63) is 60.8 Å². The molecule has 1 aliphatic heterocycles. The first kappa shape index (κ1) is 78.4. The van der Waals surface area contributed by atoms with Crippen LogP contribution >= 0.6 is 0 Å². The molecule has 1 aliphatic rings. The van der Waals surface area contributed by atoms with Gasteiger partial charge in [0.25, 0.3) is 0 Å². The first-order chi connectivity index (χ1) is 40.7. The van der Waals surface area contributed by atoms with Crippen molar-refractivity contribution in [2.24, 2.45) is 0 Å². The van der Waals surface area contributed by atoms with E-state index < -0.39 is 67.4 Å². The van der Waals surface area contributed by atoms with Crippen LogP contribution in [-0.2, 0) is 23.8 Å². The lowest BCUT2D eigenvalue weighted by atomic mass is 9.99. The Kier molecular flexibility index (Phi) is 56.4. The number of rotatable bonds is 60. The second-order valence-electron chi connectivity index (χ2n) is 24.3. The van der Waals surface area contributed by atoms with Gasteiger partial charge in [-0.3, -0.25) is 9.59 Å². The zero-order valence-corrected chi connectivity index (χ0v) is 53.8. The molecule has 83 heavy (non-hydrogen) atoms. The van der Waals surface area contributed by atoms with Gasteiger partial charge in [0.2, 0.25) is 5.91 Å². The highest BCUT2D eigenvalue weighted by atomic mass is 16.7. The number of unbranched alkanes of at least 4 members (excludes halogenated alkanes) is 38. The van der Waals surface area contributed by atoms with Gasteiger partial charge < -0.3 is 45.1 Å². The van der Waals surface area contributed by atoms with Crippen molar-refractivity contribution in [3.63, 3.8) is 0 Å². The third kappa shape index (κ3) is 47.2. The van der Waals surface area contributed by atoms with Gasteiger partial charge in [0, 0.05) is 6.42 Å². The van der Waals surface area contributed by atoms with E-state index in [1.54, 1.807) is 6.08 Å². The Labute approximate surface area is 509 Å². The summed E-state index contributed by atoms with van der Waals surface area (Å²) in [5.74, 6) is -1.19. The highest BCUT2D eigenvalue weighted by Crippen LogP contribution is 2.26. The molecule has 1 fully saturated rings. The lowest BCUT2D eigenvalue weighted by Gasteiger charge is -2.41. The highest BCUT2D eigenvalue weighted by Gasteiger charge is 2.47. The van der Waals surface area contributed by atoms with Crippen molar-refractivity contribution in [1.29, 1.82) is 0 Å². The number of carbonyl (C=O) groups excluding carboxylic acids is 2. The molecule has 11 nitrogen and oxygen atoms in total. The number of carbonyl (C=O) groups is 2. The number of allylic oxidation sites excluding steroid dienone is 9. The van der Waals surface area contributed by atoms with Gasteiger partial charge in [-0.15, -0.1) is 0 Å². The molecular formula is C72H131NO10. The van der Waals surface area contributed by atoms with E-state index in [4.69, 9.17) is 14.2 Å². The van der Waals surface area contributed by atoms with E-state index in [2.05, 4.69) is 74.7 Å². The molecule has 0 bridgehead atoms. The molecular weight excluding hydrogens is 1040 g/mol. The van der Waals surface area contributed by atoms with E-state index >= 15 is 0 Å². The van der Waals surface area contributed by atoms with E-state index in [0.29, 0.717) is 19.3 Å². The van der Waals surface area contributed by atoms with Crippen molar-refractivity contribution in [2.75, 3.05) is 13.2 Å². The molecule has 484 valence electrons. The third-order valence-corrected chi connectivity index (χ3v) is 16.4. The molecule has 0 aromatic rings. The lowest BCUT2D eigenvalue weighted by molar-refractivity contribution is -0.305. The molecule has 1 rings (SSSR count). The minimum Gasteiger partial charge on any atom is -0.454 e. The zero-order valence-electron chi connectivity index (χ0n) is 53.8. The topological polar surface area (TPSA) is 175 Å². The van der Waals surface area contributed by atoms with E-state index in [-0.39, 0.29) is 13.0 Å². The number of aliphatic hydroxyl groups excluding tert-OH is 5. The SMILES string of the molecule is CCCCC/C=C\C/C=C\C/C=C\C/C=C\CCCCCCCCCC(=O)OC1C(OCC(NC(=O)C(O)CCCCCCCCCCCCCCCCCCCC)C(O)/C=C/CCCCCCCCCCCCC)OC(CO)C(O)C1O. The fraction of sp³-hybridized carbons (Fsp3) is 0.833. The summed E-state index contributed by atoms with van der Waals surface area (Å²) in [5, 5.41) is 57.2. The largest absolute Gasteiger partial charge is 0.454 e. The second kappa shape index (κ2) is 59.7. The first-order valence-electron chi connectivity index (χ1n) is 35.1. The molecule has 0 aromatic carbocycles. The summed E-state index contributed by atoms with van der Waals surface area (Å²) < 4.78 is 17.7. The predicted molar refractivity (Wildman–Crippen MR) is 347 cm³/mol. The number of amides is 1. The van der Waals surface area contributed by atoms with Gasteiger partial charge in [-0.05, 0) is 70.6 Å². The van der Waals surface area contributed by atoms with Gasteiger partial charge in [0.05, 0.1) is 25.4 Å². The lowest BCUT2D eigenvalue weighted by Crippen LogP contribution is -2.61. The third-order valence-electron chi connectivity index (χ3n) is 16.4. The monoisotopic (exact) mass is 1170 g/mol. The van der Waals surface area contributed by atoms with Crippen LogP contribution in [-0.4, -0.2) is 99.6 Å². The quantitative estimate of drug-likeness (QED) is 0.0195. The predicted octanol–water partition coefficient (Wildman–Crippen LogP) is 17.7. The van der Waals surface area contributed by atoms with Crippen molar-refractivity contribution < 1.29 is 49.3 Å². The standard InChI is InChI=1S/C72H131NO10/c1-4-7-10-13-16-19-22-25-27-29-31-32-33-34-35-37-39-42-45-48-51-54-57-60-67(77)83-70-69(79)68(78)66(61-74)82-72(70)81-62-63(64(75)58-55-52-49-46-43-40-24-21-18-15-12-9-6-3)73-71(80)65(76)59-56-53-50-47-44-41-38-36-30-28-26-23-20-17-14-11-8-5-2/h16,19,25,27,31-32,34-35,55,58,63-66,68-70,72,74-76,78-79H,4-15,17-18,20-24,26,28-30,33,36-54,56-57,59-62H2,1-3H3,(H,73,80)/b19-16-,27-25-,32-31-,35-34-,58-55+. The normalized spacial score (nSPS) is 18.9. The number of esters is 1. The number of hydrogen-bond acceptors (Lipinski definition) is 10. The minimum atomic E-state index is -1.62. The molecule has 6 N–H and O–H groups in total. The maximum Gasteiger partial charge on any atom is 0.306 e. The van der Waals surface area contributed by atoms with Crippen molar-refractivity contribution >= 4 is 11.9 Å². The minimum absolute atomic E-state index is 0.111. The average molecular weight is 1170 g/mol. The van der Waals surface area contributed by atoms with Crippen LogP contribution in [0.25, 0.3) is 0 Å². The Morgan fingerprint density at radius 3 is 1.27 bits per heavy atom. The summed E-state index contributed by atoms with van der Waals surface area (Å²) in [7, 11) is 0. The molecule has 0 radical (unpaired) electrons. The van der Waals surface area contributed by atoms with Crippen LogP contribution in [0.1, 0.15) is 323 Å². The number of ether oxygens (including phenoxy) is 3. The number of aliphatic hydroxyl groups is 5. The van der Waals surface area contributed by atoms with Gasteiger partial charge in [0.15, 0.2) is 12.4 Å². The smallest absolute Gasteiger partial charge is 0.306 e. The van der Waals surface area contributed by atoms with Gasteiger partial charge in [-0.1, -0.05) is 306 Å². The van der Waals surface area contributed by atoms with Crippen LogP contribution in [0.3, 0.4) is 0 Å². The molecule has 1 saturated heterocycles. The summed E-state index contributed by atoms with van der Waals surface area (Å²) in [6, 6.07) is -1.03. The Hall–Kier alpha value is -2.64. The Balaban J connectivity index is 2.62. The van der Waals surface area contributed by atoms with Crippen LogP contribution < -0.4 is 5.32 Å². The molecule has 0 aliphatic carbocycles. The van der Waals surface area contributed by atoms with E-state index in [0.717, 1.165) is 103 Å². The molecule has 8 atom stereocenters. The maximum atomic E-state index is 13.5.